The molecule has 0 saturated heterocycles. The number of hydrogen-bond acceptors (Lipinski definition) is 4. The Bertz CT molecular complexity index is 1060. The number of benzene rings is 2. The van der Waals surface area contributed by atoms with Gasteiger partial charge in [0, 0.05) is 34.3 Å². The topological polar surface area (TPSA) is 55.4 Å². The molecule has 1 heterocycles. The second-order valence-electron chi connectivity index (χ2n) is 7.67. The molecule has 0 radical (unpaired) electrons. The Morgan fingerprint density at radius 2 is 1.80 bits per heavy atom. The highest BCUT2D eigenvalue weighted by molar-refractivity contribution is 6.31. The molecule has 2 aliphatic rings. The van der Waals surface area contributed by atoms with Crippen molar-refractivity contribution in [1.29, 1.82) is 0 Å². The lowest BCUT2D eigenvalue weighted by atomic mass is 9.71. The lowest BCUT2D eigenvalue weighted by Crippen LogP contribution is -2.36. The first-order valence-electron chi connectivity index (χ1n) is 10.2. The Hall–Kier alpha value is -2.85. The standard InChI is InChI=1S/C25H24ClNO3/c1-3-30-25(29)22-15(2)27-20-13-17(16-9-5-4-6-10-16)14-21(28)24(20)23(22)18-11-7-8-12-19(18)26/h4-12,17,23,27H,3,13-14H2,1-2H3/t17-,23+/m1/s1. The van der Waals surface area contributed by atoms with E-state index in [-0.39, 0.29) is 18.3 Å². The van der Waals surface area contributed by atoms with Gasteiger partial charge in [0.05, 0.1) is 12.2 Å². The van der Waals surface area contributed by atoms with Gasteiger partial charge in [-0.15, -0.1) is 0 Å². The monoisotopic (exact) mass is 421 g/mol. The van der Waals surface area contributed by atoms with Crippen LogP contribution in [0.25, 0.3) is 0 Å². The van der Waals surface area contributed by atoms with Gasteiger partial charge < -0.3 is 10.1 Å². The van der Waals surface area contributed by atoms with Crippen molar-refractivity contribution in [3.63, 3.8) is 0 Å². The number of esters is 1. The van der Waals surface area contributed by atoms with E-state index in [1.54, 1.807) is 13.0 Å². The normalized spacial score (nSPS) is 21.2. The van der Waals surface area contributed by atoms with Gasteiger partial charge in [0.15, 0.2) is 5.78 Å². The van der Waals surface area contributed by atoms with Gasteiger partial charge in [-0.2, -0.15) is 0 Å². The van der Waals surface area contributed by atoms with Crippen LogP contribution in [0.2, 0.25) is 5.02 Å². The Labute approximate surface area is 181 Å². The minimum Gasteiger partial charge on any atom is -0.463 e. The van der Waals surface area contributed by atoms with Gasteiger partial charge in [0.2, 0.25) is 0 Å². The van der Waals surface area contributed by atoms with Crippen LogP contribution in [-0.2, 0) is 14.3 Å². The molecule has 5 heteroatoms. The van der Waals surface area contributed by atoms with Crippen molar-refractivity contribution >= 4 is 23.4 Å². The molecule has 0 fully saturated rings. The van der Waals surface area contributed by atoms with Crippen molar-refractivity contribution in [3.8, 4) is 0 Å². The average Bonchev–Trinajstić information content (AvgIpc) is 2.74. The third-order valence-electron chi connectivity index (χ3n) is 5.81. The smallest absolute Gasteiger partial charge is 0.336 e. The van der Waals surface area contributed by atoms with Gasteiger partial charge >= 0.3 is 5.97 Å². The molecule has 154 valence electrons. The van der Waals surface area contributed by atoms with E-state index in [0.29, 0.717) is 34.7 Å². The van der Waals surface area contributed by atoms with Crippen LogP contribution >= 0.6 is 11.6 Å². The number of halogens is 1. The Morgan fingerprint density at radius 1 is 1.10 bits per heavy atom. The van der Waals surface area contributed by atoms with E-state index in [1.165, 1.54) is 0 Å². The molecule has 30 heavy (non-hydrogen) atoms. The van der Waals surface area contributed by atoms with Crippen molar-refractivity contribution in [3.05, 3.63) is 93.3 Å². The summed E-state index contributed by atoms with van der Waals surface area (Å²) in [6, 6.07) is 17.5. The molecule has 0 spiro atoms. The summed E-state index contributed by atoms with van der Waals surface area (Å²) in [6.07, 6.45) is 1.11. The SMILES string of the molecule is CCOC(=O)C1=C(C)NC2=C(C(=O)C[C@H](c3ccccc3)C2)[C@H]1c1ccccc1Cl. The molecular formula is C25H24ClNO3. The van der Waals surface area contributed by atoms with Crippen molar-refractivity contribution < 1.29 is 14.3 Å². The predicted molar refractivity (Wildman–Crippen MR) is 117 cm³/mol. The molecule has 0 bridgehead atoms. The van der Waals surface area contributed by atoms with E-state index in [1.807, 2.05) is 43.3 Å². The van der Waals surface area contributed by atoms with E-state index >= 15 is 0 Å². The lowest BCUT2D eigenvalue weighted by molar-refractivity contribution is -0.138. The van der Waals surface area contributed by atoms with Gasteiger partial charge in [-0.25, -0.2) is 4.79 Å². The molecule has 1 aliphatic heterocycles. The van der Waals surface area contributed by atoms with Crippen LogP contribution in [0, 0.1) is 0 Å². The van der Waals surface area contributed by atoms with E-state index in [2.05, 4.69) is 17.4 Å². The zero-order valence-electron chi connectivity index (χ0n) is 17.1. The van der Waals surface area contributed by atoms with Crippen LogP contribution in [0.3, 0.4) is 0 Å². The third-order valence-corrected chi connectivity index (χ3v) is 6.15. The molecule has 0 unspecified atom stereocenters. The minimum atomic E-state index is -0.529. The maximum absolute atomic E-state index is 13.4. The second-order valence-corrected chi connectivity index (χ2v) is 8.08. The highest BCUT2D eigenvalue weighted by atomic mass is 35.5. The quantitative estimate of drug-likeness (QED) is 0.683. The van der Waals surface area contributed by atoms with Gasteiger partial charge in [0.25, 0.3) is 0 Å². The summed E-state index contributed by atoms with van der Waals surface area (Å²) in [6.45, 7) is 3.90. The van der Waals surface area contributed by atoms with Crippen molar-refractivity contribution in [2.45, 2.75) is 38.5 Å². The average molecular weight is 422 g/mol. The largest absolute Gasteiger partial charge is 0.463 e. The zero-order chi connectivity index (χ0) is 21.3. The summed E-state index contributed by atoms with van der Waals surface area (Å²) < 4.78 is 5.34. The highest BCUT2D eigenvalue weighted by Crippen LogP contribution is 2.47. The number of carbonyl (C=O) groups excluding carboxylic acids is 2. The first-order chi connectivity index (χ1) is 14.5. The molecule has 4 nitrogen and oxygen atoms in total. The van der Waals surface area contributed by atoms with E-state index in [4.69, 9.17) is 16.3 Å². The summed E-state index contributed by atoms with van der Waals surface area (Å²) in [7, 11) is 0. The Kier molecular flexibility index (Phi) is 5.78. The van der Waals surface area contributed by atoms with E-state index < -0.39 is 11.9 Å². The molecule has 2 aromatic rings. The van der Waals surface area contributed by atoms with Crippen LogP contribution in [-0.4, -0.2) is 18.4 Å². The molecule has 0 amide bonds. The van der Waals surface area contributed by atoms with Gasteiger partial charge in [-0.05, 0) is 43.4 Å². The molecule has 1 aliphatic carbocycles. The highest BCUT2D eigenvalue weighted by Gasteiger charge is 2.41. The zero-order valence-corrected chi connectivity index (χ0v) is 17.8. The summed E-state index contributed by atoms with van der Waals surface area (Å²) in [5.74, 6) is -0.805. The molecule has 4 rings (SSSR count). The number of nitrogens with one attached hydrogen (secondary N) is 1. The van der Waals surface area contributed by atoms with E-state index in [9.17, 15) is 9.59 Å². The fourth-order valence-electron chi connectivity index (χ4n) is 4.50. The van der Waals surface area contributed by atoms with Crippen LogP contribution < -0.4 is 5.32 Å². The maximum Gasteiger partial charge on any atom is 0.336 e. The lowest BCUT2D eigenvalue weighted by Gasteiger charge is -2.37. The van der Waals surface area contributed by atoms with Gasteiger partial charge in [-0.3, -0.25) is 4.79 Å². The van der Waals surface area contributed by atoms with Gasteiger partial charge in [0.1, 0.15) is 0 Å². The van der Waals surface area contributed by atoms with Gasteiger partial charge in [-0.1, -0.05) is 60.1 Å². The maximum atomic E-state index is 13.4. The van der Waals surface area contributed by atoms with Crippen molar-refractivity contribution in [2.24, 2.45) is 0 Å². The van der Waals surface area contributed by atoms with Crippen LogP contribution in [0.1, 0.15) is 49.7 Å². The summed E-state index contributed by atoms with van der Waals surface area (Å²) in [5.41, 5.74) is 4.56. The second kappa shape index (κ2) is 8.49. The molecule has 0 aromatic heterocycles. The molecule has 2 atom stereocenters. The molecule has 0 saturated carbocycles. The van der Waals surface area contributed by atoms with Crippen molar-refractivity contribution in [2.75, 3.05) is 6.61 Å². The number of allylic oxidation sites excluding steroid dienone is 3. The first-order valence-corrected chi connectivity index (χ1v) is 10.6. The molecule has 2 aromatic carbocycles. The fraction of sp³-hybridized carbons (Fsp3) is 0.280. The summed E-state index contributed by atoms with van der Waals surface area (Å²) in [5, 5.41) is 3.88. The molecule has 1 N–H and O–H groups in total. The first kappa shape index (κ1) is 20.4. The van der Waals surface area contributed by atoms with Crippen LogP contribution in [0.4, 0.5) is 0 Å². The number of carbonyl (C=O) groups is 2. The number of dihydropyridines is 1. The number of ketones is 1. The number of hydrogen-bond donors (Lipinski definition) is 1. The number of rotatable bonds is 4. The van der Waals surface area contributed by atoms with Crippen molar-refractivity contribution in [1.82, 2.24) is 5.32 Å². The van der Waals surface area contributed by atoms with Crippen LogP contribution in [0.5, 0.6) is 0 Å². The van der Waals surface area contributed by atoms with Crippen LogP contribution in [0.15, 0.2) is 77.1 Å². The Morgan fingerprint density at radius 3 is 2.50 bits per heavy atom. The Balaban J connectivity index is 1.82. The number of Topliss-reactive ketones (excluding diaryl/α,β-unsaturated/α-hetero) is 1. The summed E-state index contributed by atoms with van der Waals surface area (Å²) in [4.78, 5) is 26.3. The summed E-state index contributed by atoms with van der Waals surface area (Å²) >= 11 is 6.53. The third kappa shape index (κ3) is 3.68. The molecular weight excluding hydrogens is 398 g/mol. The minimum absolute atomic E-state index is 0.0387. The predicted octanol–water partition coefficient (Wildman–Crippen LogP) is 5.26. The fourth-order valence-corrected chi connectivity index (χ4v) is 4.74. The van der Waals surface area contributed by atoms with E-state index in [0.717, 1.165) is 16.8 Å². The number of ether oxygens (including phenoxy) is 1.